The minimum atomic E-state index is -1.04. The zero-order valence-corrected chi connectivity index (χ0v) is 18.5. The number of carbonyl (C=O) groups is 1. The van der Waals surface area contributed by atoms with Crippen LogP contribution in [0.4, 0.5) is 5.69 Å². The summed E-state index contributed by atoms with van der Waals surface area (Å²) in [4.78, 5) is 30.3. The fourth-order valence-corrected chi connectivity index (χ4v) is 4.59. The Hall–Kier alpha value is -4.37. The van der Waals surface area contributed by atoms with Crippen molar-refractivity contribution in [2.45, 2.75) is 11.7 Å². The van der Waals surface area contributed by atoms with E-state index in [0.29, 0.717) is 11.7 Å². The number of nitrogens with zero attached hydrogens (tertiary/aromatic N) is 3. The van der Waals surface area contributed by atoms with Crippen LogP contribution in [0.25, 0.3) is 28.0 Å². The molecule has 2 heterocycles. The number of carboxylic acids is 1. The lowest BCUT2D eigenvalue weighted by Crippen LogP contribution is -1.98. The molecule has 0 radical (unpaired) electrons. The van der Waals surface area contributed by atoms with Crippen LogP contribution in [-0.4, -0.2) is 30.5 Å². The Morgan fingerprint density at radius 3 is 2.56 bits per heavy atom. The zero-order valence-electron chi connectivity index (χ0n) is 17.7. The van der Waals surface area contributed by atoms with Gasteiger partial charge in [-0.1, -0.05) is 42.5 Å². The van der Waals surface area contributed by atoms with Crippen LogP contribution in [0.3, 0.4) is 0 Å². The highest BCUT2D eigenvalue weighted by Crippen LogP contribution is 2.31. The summed E-state index contributed by atoms with van der Waals surface area (Å²) in [5.41, 5.74) is 4.25. The lowest BCUT2D eigenvalue weighted by molar-refractivity contribution is -0.384. The Morgan fingerprint density at radius 1 is 1.09 bits per heavy atom. The summed E-state index contributed by atoms with van der Waals surface area (Å²) in [6.07, 6.45) is 3.54. The van der Waals surface area contributed by atoms with Crippen molar-refractivity contribution in [3.63, 3.8) is 0 Å². The number of aliphatic carboxylic acids is 1. The summed E-state index contributed by atoms with van der Waals surface area (Å²) in [7, 11) is 0. The van der Waals surface area contributed by atoms with Gasteiger partial charge in [0.2, 0.25) is 0 Å². The molecule has 3 aromatic carbocycles. The molecule has 8 nitrogen and oxygen atoms in total. The predicted octanol–water partition coefficient (Wildman–Crippen LogP) is 5.69. The maximum atomic E-state index is 12.1. The van der Waals surface area contributed by atoms with Crippen molar-refractivity contribution < 1.29 is 14.8 Å². The van der Waals surface area contributed by atoms with Crippen molar-refractivity contribution in [3.05, 3.63) is 105 Å². The van der Waals surface area contributed by atoms with Gasteiger partial charge >= 0.3 is 5.97 Å². The SMILES string of the molecule is O=C(O)/C(=C/c1cn(Cc2ccc([N+](=O)[O-])cc2)c2ccccc12)Sc1nc2ccccc2[nH]1. The Morgan fingerprint density at radius 2 is 1.82 bits per heavy atom. The number of hydrogen-bond acceptors (Lipinski definition) is 5. The molecular weight excluding hydrogens is 452 g/mol. The molecule has 0 aliphatic carbocycles. The molecule has 34 heavy (non-hydrogen) atoms. The number of nitro benzene ring substituents is 1. The largest absolute Gasteiger partial charge is 0.477 e. The maximum Gasteiger partial charge on any atom is 0.342 e. The van der Waals surface area contributed by atoms with Crippen LogP contribution >= 0.6 is 11.8 Å². The fourth-order valence-electron chi connectivity index (χ4n) is 3.80. The Kier molecular flexibility index (Phi) is 5.60. The number of para-hydroxylation sites is 3. The van der Waals surface area contributed by atoms with Gasteiger partial charge in [0.25, 0.3) is 5.69 Å². The molecule has 0 saturated heterocycles. The standard InChI is InChI=1S/C25H18N4O4S/c30-24(31)23(34-25-26-20-6-2-3-7-21(20)27-25)13-17-15-28(22-8-4-1-5-19(17)22)14-16-9-11-18(12-10-16)29(32)33/h1-13,15H,14H2,(H,26,27)(H,30,31)/b23-13-. The van der Waals surface area contributed by atoms with Gasteiger partial charge < -0.3 is 14.7 Å². The third-order valence-electron chi connectivity index (χ3n) is 5.39. The minimum Gasteiger partial charge on any atom is -0.477 e. The molecule has 2 N–H and O–H groups in total. The molecular formula is C25H18N4O4S. The number of aromatic amines is 1. The van der Waals surface area contributed by atoms with Gasteiger partial charge in [0.15, 0.2) is 5.16 Å². The summed E-state index contributed by atoms with van der Waals surface area (Å²) < 4.78 is 2.01. The molecule has 0 bridgehead atoms. The quantitative estimate of drug-likeness (QED) is 0.137. The highest BCUT2D eigenvalue weighted by Gasteiger charge is 2.15. The van der Waals surface area contributed by atoms with Gasteiger partial charge in [-0.2, -0.15) is 0 Å². The molecule has 0 aliphatic rings. The van der Waals surface area contributed by atoms with E-state index >= 15 is 0 Å². The second kappa shape index (κ2) is 8.87. The van der Waals surface area contributed by atoms with E-state index in [9.17, 15) is 20.0 Å². The molecule has 2 aromatic heterocycles. The van der Waals surface area contributed by atoms with E-state index in [-0.39, 0.29) is 10.6 Å². The first-order valence-corrected chi connectivity index (χ1v) is 11.2. The first kappa shape index (κ1) is 21.5. The number of rotatable bonds is 7. The van der Waals surface area contributed by atoms with Gasteiger partial charge in [0.1, 0.15) is 4.91 Å². The van der Waals surface area contributed by atoms with E-state index in [0.717, 1.165) is 44.8 Å². The predicted molar refractivity (Wildman–Crippen MR) is 132 cm³/mol. The smallest absolute Gasteiger partial charge is 0.342 e. The molecule has 0 unspecified atom stereocenters. The van der Waals surface area contributed by atoms with Crippen LogP contribution in [0, 0.1) is 10.1 Å². The molecule has 168 valence electrons. The minimum absolute atomic E-state index is 0.0402. The van der Waals surface area contributed by atoms with Gasteiger partial charge in [-0.15, -0.1) is 0 Å². The van der Waals surface area contributed by atoms with Gasteiger partial charge in [-0.25, -0.2) is 9.78 Å². The number of benzene rings is 3. The van der Waals surface area contributed by atoms with Crippen molar-refractivity contribution in [2.24, 2.45) is 0 Å². The van der Waals surface area contributed by atoms with Crippen molar-refractivity contribution in [1.82, 2.24) is 14.5 Å². The molecule has 0 saturated carbocycles. The number of H-pyrrole nitrogens is 1. The number of thioether (sulfide) groups is 1. The van der Waals surface area contributed by atoms with Crippen molar-refractivity contribution in [2.75, 3.05) is 0 Å². The van der Waals surface area contributed by atoms with E-state index < -0.39 is 10.9 Å². The van der Waals surface area contributed by atoms with Crippen molar-refractivity contribution >= 4 is 51.4 Å². The maximum absolute atomic E-state index is 12.1. The third-order valence-corrected chi connectivity index (χ3v) is 6.29. The Labute approximate surface area is 197 Å². The van der Waals surface area contributed by atoms with Crippen LogP contribution in [0.2, 0.25) is 0 Å². The fraction of sp³-hybridized carbons (Fsp3) is 0.0400. The molecule has 0 spiro atoms. The van der Waals surface area contributed by atoms with Crippen LogP contribution in [0.5, 0.6) is 0 Å². The second-order valence-corrected chi connectivity index (χ2v) is 8.66. The average molecular weight is 471 g/mol. The number of imidazole rings is 1. The van der Waals surface area contributed by atoms with Gasteiger partial charge in [0, 0.05) is 41.3 Å². The monoisotopic (exact) mass is 470 g/mol. The number of aromatic nitrogens is 3. The number of hydrogen-bond donors (Lipinski definition) is 2. The number of nitrogens with one attached hydrogen (secondary N) is 1. The summed E-state index contributed by atoms with van der Waals surface area (Å²) in [5.74, 6) is -1.04. The molecule has 9 heteroatoms. The van der Waals surface area contributed by atoms with E-state index in [4.69, 9.17) is 0 Å². The zero-order chi connectivity index (χ0) is 23.7. The van der Waals surface area contributed by atoms with Crippen LogP contribution in [0.1, 0.15) is 11.1 Å². The molecule has 5 aromatic rings. The van der Waals surface area contributed by atoms with Crippen LogP contribution in [-0.2, 0) is 11.3 Å². The topological polar surface area (TPSA) is 114 Å². The molecule has 0 atom stereocenters. The molecule has 0 amide bonds. The number of nitro groups is 1. The van der Waals surface area contributed by atoms with Crippen LogP contribution in [0.15, 0.2) is 89.1 Å². The lowest BCUT2D eigenvalue weighted by Gasteiger charge is -2.05. The number of fused-ring (bicyclic) bond motifs is 2. The van der Waals surface area contributed by atoms with Gasteiger partial charge in [-0.3, -0.25) is 10.1 Å². The van der Waals surface area contributed by atoms with E-state index in [2.05, 4.69) is 9.97 Å². The summed E-state index contributed by atoms with van der Waals surface area (Å²) in [6.45, 7) is 0.492. The highest BCUT2D eigenvalue weighted by atomic mass is 32.2. The van der Waals surface area contributed by atoms with Gasteiger partial charge in [-0.05, 0) is 41.6 Å². The normalized spacial score (nSPS) is 11.8. The van der Waals surface area contributed by atoms with Gasteiger partial charge in [0.05, 0.1) is 16.0 Å². The lowest BCUT2D eigenvalue weighted by atomic mass is 10.1. The summed E-state index contributed by atoms with van der Waals surface area (Å²) in [5, 5.41) is 22.2. The molecule has 0 aliphatic heterocycles. The average Bonchev–Trinajstić information content (AvgIpc) is 3.40. The van der Waals surface area contributed by atoms with E-state index in [1.165, 1.54) is 12.1 Å². The van der Waals surface area contributed by atoms with Crippen molar-refractivity contribution in [1.29, 1.82) is 0 Å². The molecule has 5 rings (SSSR count). The Balaban J connectivity index is 1.50. The second-order valence-electron chi connectivity index (χ2n) is 7.63. The number of non-ortho nitro benzene ring substituents is 1. The van der Waals surface area contributed by atoms with Crippen molar-refractivity contribution in [3.8, 4) is 0 Å². The summed E-state index contributed by atoms with van der Waals surface area (Å²) in [6, 6.07) is 21.7. The molecule has 0 fully saturated rings. The first-order chi connectivity index (χ1) is 16.5. The first-order valence-electron chi connectivity index (χ1n) is 10.4. The van der Waals surface area contributed by atoms with Crippen LogP contribution < -0.4 is 0 Å². The third kappa shape index (κ3) is 4.28. The Bertz CT molecular complexity index is 1530. The summed E-state index contributed by atoms with van der Waals surface area (Å²) >= 11 is 1.07. The number of carboxylic acid groups (broad SMARTS) is 1. The van der Waals surface area contributed by atoms with E-state index in [1.807, 2.05) is 59.3 Å². The highest BCUT2D eigenvalue weighted by molar-refractivity contribution is 8.04. The van der Waals surface area contributed by atoms with E-state index in [1.54, 1.807) is 18.2 Å².